The lowest BCUT2D eigenvalue weighted by Gasteiger charge is -2.20. The van der Waals surface area contributed by atoms with Gasteiger partial charge < -0.3 is 10.6 Å². The predicted molar refractivity (Wildman–Crippen MR) is 69.5 cm³/mol. The van der Waals surface area contributed by atoms with Crippen molar-refractivity contribution in [1.29, 1.82) is 0 Å². The first-order chi connectivity index (χ1) is 7.31. The SMILES string of the molecule is CC(C)CCCNC(=O)CCNC(C)(C)C. The van der Waals surface area contributed by atoms with Crippen LogP contribution in [0.25, 0.3) is 0 Å². The molecule has 0 saturated carbocycles. The number of hydrogen-bond donors (Lipinski definition) is 2. The van der Waals surface area contributed by atoms with Crippen molar-refractivity contribution in [1.82, 2.24) is 10.6 Å². The smallest absolute Gasteiger partial charge is 0.221 e. The van der Waals surface area contributed by atoms with Crippen LogP contribution in [0.3, 0.4) is 0 Å². The normalized spacial score (nSPS) is 11.9. The Morgan fingerprint density at radius 3 is 2.31 bits per heavy atom. The predicted octanol–water partition coefficient (Wildman–Crippen LogP) is 2.32. The molecule has 0 aliphatic carbocycles. The van der Waals surface area contributed by atoms with Gasteiger partial charge in [0.2, 0.25) is 5.91 Å². The van der Waals surface area contributed by atoms with Crippen LogP contribution in [0, 0.1) is 5.92 Å². The number of carbonyl (C=O) groups excluding carboxylic acids is 1. The van der Waals surface area contributed by atoms with E-state index in [1.165, 1.54) is 6.42 Å². The average Bonchev–Trinajstić information content (AvgIpc) is 2.10. The summed E-state index contributed by atoms with van der Waals surface area (Å²) < 4.78 is 0. The van der Waals surface area contributed by atoms with Crippen molar-refractivity contribution in [2.75, 3.05) is 13.1 Å². The standard InChI is InChI=1S/C13H28N2O/c1-11(2)7-6-9-14-12(16)8-10-15-13(3,4)5/h11,15H,6-10H2,1-5H3,(H,14,16). The second kappa shape index (κ2) is 7.66. The van der Waals surface area contributed by atoms with Crippen molar-refractivity contribution in [2.45, 2.75) is 59.4 Å². The van der Waals surface area contributed by atoms with E-state index >= 15 is 0 Å². The quantitative estimate of drug-likeness (QED) is 0.657. The van der Waals surface area contributed by atoms with Crippen molar-refractivity contribution in [2.24, 2.45) is 5.92 Å². The first kappa shape index (κ1) is 15.4. The molecule has 0 atom stereocenters. The summed E-state index contributed by atoms with van der Waals surface area (Å²) in [7, 11) is 0. The van der Waals surface area contributed by atoms with Crippen LogP contribution in [0.4, 0.5) is 0 Å². The largest absolute Gasteiger partial charge is 0.356 e. The summed E-state index contributed by atoms with van der Waals surface area (Å²) in [5, 5.41) is 6.25. The van der Waals surface area contributed by atoms with Crippen molar-refractivity contribution in [3.63, 3.8) is 0 Å². The van der Waals surface area contributed by atoms with Crippen molar-refractivity contribution in [3.8, 4) is 0 Å². The average molecular weight is 228 g/mol. The number of carbonyl (C=O) groups is 1. The summed E-state index contributed by atoms with van der Waals surface area (Å²) in [5.74, 6) is 0.875. The van der Waals surface area contributed by atoms with Gasteiger partial charge in [-0.15, -0.1) is 0 Å². The molecule has 96 valence electrons. The lowest BCUT2D eigenvalue weighted by Crippen LogP contribution is -2.38. The molecule has 0 heterocycles. The molecule has 0 aromatic heterocycles. The molecule has 0 bridgehead atoms. The van der Waals surface area contributed by atoms with Crippen molar-refractivity contribution < 1.29 is 4.79 Å². The van der Waals surface area contributed by atoms with E-state index < -0.39 is 0 Å². The highest BCUT2D eigenvalue weighted by atomic mass is 16.1. The minimum absolute atomic E-state index is 0.0952. The van der Waals surface area contributed by atoms with Crippen LogP contribution in [0.5, 0.6) is 0 Å². The molecule has 0 aliphatic heterocycles. The summed E-state index contributed by atoms with van der Waals surface area (Å²) in [6.45, 7) is 12.3. The molecule has 3 nitrogen and oxygen atoms in total. The van der Waals surface area contributed by atoms with Crippen LogP contribution in [0.15, 0.2) is 0 Å². The van der Waals surface area contributed by atoms with Crippen LogP contribution in [-0.4, -0.2) is 24.5 Å². The Kier molecular flexibility index (Phi) is 7.39. The zero-order valence-corrected chi connectivity index (χ0v) is 11.5. The van der Waals surface area contributed by atoms with E-state index in [1.807, 2.05) is 0 Å². The third-order valence-electron chi connectivity index (χ3n) is 2.29. The fraction of sp³-hybridized carbons (Fsp3) is 0.923. The summed E-state index contributed by atoms with van der Waals surface area (Å²) in [4.78, 5) is 11.4. The van der Waals surface area contributed by atoms with E-state index in [-0.39, 0.29) is 11.4 Å². The van der Waals surface area contributed by atoms with Gasteiger partial charge in [-0.1, -0.05) is 13.8 Å². The van der Waals surface area contributed by atoms with Crippen molar-refractivity contribution >= 4 is 5.91 Å². The van der Waals surface area contributed by atoms with Gasteiger partial charge in [-0.25, -0.2) is 0 Å². The molecule has 0 radical (unpaired) electrons. The van der Waals surface area contributed by atoms with Gasteiger partial charge in [0.25, 0.3) is 0 Å². The Hall–Kier alpha value is -0.570. The highest BCUT2D eigenvalue weighted by Crippen LogP contribution is 2.02. The lowest BCUT2D eigenvalue weighted by molar-refractivity contribution is -0.121. The molecule has 0 aliphatic rings. The van der Waals surface area contributed by atoms with Gasteiger partial charge in [0.15, 0.2) is 0 Å². The zero-order valence-electron chi connectivity index (χ0n) is 11.5. The van der Waals surface area contributed by atoms with Crippen LogP contribution >= 0.6 is 0 Å². The summed E-state index contributed by atoms with van der Waals surface area (Å²) >= 11 is 0. The molecular formula is C13H28N2O. The third kappa shape index (κ3) is 11.5. The van der Waals surface area contributed by atoms with E-state index in [9.17, 15) is 4.79 Å². The zero-order chi connectivity index (χ0) is 12.6. The third-order valence-corrected chi connectivity index (χ3v) is 2.29. The van der Waals surface area contributed by atoms with Crippen molar-refractivity contribution in [3.05, 3.63) is 0 Å². The lowest BCUT2D eigenvalue weighted by atomic mass is 10.1. The number of hydrogen-bond acceptors (Lipinski definition) is 2. The fourth-order valence-electron chi connectivity index (χ4n) is 1.38. The number of amides is 1. The van der Waals surface area contributed by atoms with Crippen LogP contribution in [0.1, 0.15) is 53.9 Å². The summed E-state index contributed by atoms with van der Waals surface area (Å²) in [5.41, 5.74) is 0.0952. The molecule has 0 fully saturated rings. The maximum absolute atomic E-state index is 11.4. The van der Waals surface area contributed by atoms with E-state index in [2.05, 4.69) is 45.3 Å². The molecule has 0 rings (SSSR count). The van der Waals surface area contributed by atoms with Gasteiger partial charge in [0.1, 0.15) is 0 Å². The molecule has 0 spiro atoms. The molecule has 2 N–H and O–H groups in total. The second-order valence-corrected chi connectivity index (χ2v) is 5.81. The van der Waals surface area contributed by atoms with E-state index in [4.69, 9.17) is 0 Å². The van der Waals surface area contributed by atoms with Gasteiger partial charge in [0.05, 0.1) is 0 Å². The van der Waals surface area contributed by atoms with E-state index in [1.54, 1.807) is 0 Å². The first-order valence-corrected chi connectivity index (χ1v) is 6.33. The monoisotopic (exact) mass is 228 g/mol. The Morgan fingerprint density at radius 1 is 1.19 bits per heavy atom. The Balaban J connectivity index is 3.39. The highest BCUT2D eigenvalue weighted by molar-refractivity contribution is 5.75. The molecule has 0 aromatic rings. The Bertz CT molecular complexity index is 195. The van der Waals surface area contributed by atoms with Gasteiger partial charge in [-0.05, 0) is 39.5 Å². The molecule has 0 saturated heterocycles. The molecule has 1 amide bonds. The molecule has 0 unspecified atom stereocenters. The van der Waals surface area contributed by atoms with Crippen LogP contribution in [0.2, 0.25) is 0 Å². The molecule has 0 aromatic carbocycles. The molecular weight excluding hydrogens is 200 g/mol. The van der Waals surface area contributed by atoms with Crippen LogP contribution in [-0.2, 0) is 4.79 Å². The molecule has 3 heteroatoms. The topological polar surface area (TPSA) is 41.1 Å². The van der Waals surface area contributed by atoms with Gasteiger partial charge in [0, 0.05) is 25.0 Å². The maximum atomic E-state index is 11.4. The van der Waals surface area contributed by atoms with Gasteiger partial charge in [-0.3, -0.25) is 4.79 Å². The minimum atomic E-state index is 0.0952. The summed E-state index contributed by atoms with van der Waals surface area (Å²) in [6, 6.07) is 0. The minimum Gasteiger partial charge on any atom is -0.356 e. The maximum Gasteiger partial charge on any atom is 0.221 e. The Morgan fingerprint density at radius 2 is 1.81 bits per heavy atom. The number of nitrogens with one attached hydrogen (secondary N) is 2. The van der Waals surface area contributed by atoms with Gasteiger partial charge >= 0.3 is 0 Å². The van der Waals surface area contributed by atoms with E-state index in [0.717, 1.165) is 25.4 Å². The highest BCUT2D eigenvalue weighted by Gasteiger charge is 2.09. The summed E-state index contributed by atoms with van der Waals surface area (Å²) in [6.07, 6.45) is 2.83. The van der Waals surface area contributed by atoms with E-state index in [0.29, 0.717) is 6.42 Å². The number of rotatable bonds is 7. The fourth-order valence-corrected chi connectivity index (χ4v) is 1.38. The van der Waals surface area contributed by atoms with Gasteiger partial charge in [-0.2, -0.15) is 0 Å². The first-order valence-electron chi connectivity index (χ1n) is 6.33. The Labute approximate surface area is 100 Å². The molecule has 16 heavy (non-hydrogen) atoms. The second-order valence-electron chi connectivity index (χ2n) is 5.81. The van der Waals surface area contributed by atoms with Crippen LogP contribution < -0.4 is 10.6 Å².